The third-order valence-corrected chi connectivity index (χ3v) is 3.52. The van der Waals surface area contributed by atoms with Gasteiger partial charge in [-0.1, -0.05) is 5.16 Å². The highest BCUT2D eigenvalue weighted by Gasteiger charge is 2.20. The van der Waals surface area contributed by atoms with Gasteiger partial charge in [-0.15, -0.1) is 0 Å². The fraction of sp³-hybridized carbons (Fsp3) is 0.429. The molecular weight excluding hydrogens is 288 g/mol. The second-order valence-electron chi connectivity index (χ2n) is 5.14. The number of hydrogen-bond acceptors (Lipinski definition) is 7. The Labute approximate surface area is 126 Å². The van der Waals surface area contributed by atoms with Crippen molar-refractivity contribution >= 4 is 11.4 Å². The first-order valence-corrected chi connectivity index (χ1v) is 7.08. The van der Waals surface area contributed by atoms with Crippen molar-refractivity contribution < 1.29 is 14.2 Å². The number of nitrogens with one attached hydrogen (secondary N) is 1. The molecule has 1 aromatic carbocycles. The molecular formula is C14H16N4O4. The molecule has 1 unspecified atom stereocenters. The molecule has 2 aromatic rings. The van der Waals surface area contributed by atoms with Crippen LogP contribution in [0.25, 0.3) is 11.4 Å². The molecule has 1 fully saturated rings. The van der Waals surface area contributed by atoms with Crippen LogP contribution in [-0.2, 0) is 4.74 Å². The Morgan fingerprint density at radius 1 is 1.50 bits per heavy atom. The number of aromatic nitrogens is 2. The lowest BCUT2D eigenvalue weighted by Gasteiger charge is -2.12. The minimum absolute atomic E-state index is 0.0158. The van der Waals surface area contributed by atoms with Crippen LogP contribution in [0.2, 0.25) is 0 Å². The van der Waals surface area contributed by atoms with E-state index in [0.29, 0.717) is 29.5 Å². The molecule has 0 radical (unpaired) electrons. The van der Waals surface area contributed by atoms with E-state index in [9.17, 15) is 10.1 Å². The zero-order chi connectivity index (χ0) is 15.5. The minimum Gasteiger partial charge on any atom is -0.377 e. The number of nitrogens with zero attached hydrogens (tertiary/aromatic N) is 3. The van der Waals surface area contributed by atoms with E-state index in [1.165, 1.54) is 6.07 Å². The molecule has 116 valence electrons. The van der Waals surface area contributed by atoms with Crippen molar-refractivity contribution in [2.24, 2.45) is 0 Å². The largest absolute Gasteiger partial charge is 0.377 e. The Hall–Kier alpha value is -2.48. The van der Waals surface area contributed by atoms with Gasteiger partial charge in [0.15, 0.2) is 0 Å². The van der Waals surface area contributed by atoms with E-state index in [-0.39, 0.29) is 11.8 Å². The number of anilines is 1. The molecule has 0 saturated carbocycles. The molecule has 2 heterocycles. The summed E-state index contributed by atoms with van der Waals surface area (Å²) in [5, 5.41) is 18.1. The average molecular weight is 304 g/mol. The van der Waals surface area contributed by atoms with Gasteiger partial charge in [0.2, 0.25) is 11.7 Å². The third kappa shape index (κ3) is 3.06. The molecule has 1 aliphatic heterocycles. The Bertz CT molecular complexity index is 679. The fourth-order valence-electron chi connectivity index (χ4n) is 2.42. The number of aryl methyl sites for hydroxylation is 1. The van der Waals surface area contributed by atoms with Gasteiger partial charge in [0, 0.05) is 31.7 Å². The van der Waals surface area contributed by atoms with E-state index in [1.807, 2.05) is 0 Å². The molecule has 1 aromatic heterocycles. The zero-order valence-corrected chi connectivity index (χ0v) is 12.1. The van der Waals surface area contributed by atoms with E-state index in [2.05, 4.69) is 15.5 Å². The third-order valence-electron chi connectivity index (χ3n) is 3.52. The molecule has 22 heavy (non-hydrogen) atoms. The van der Waals surface area contributed by atoms with E-state index in [0.717, 1.165) is 19.4 Å². The first kappa shape index (κ1) is 14.5. The highest BCUT2D eigenvalue weighted by atomic mass is 16.6. The predicted molar refractivity (Wildman–Crippen MR) is 78.6 cm³/mol. The minimum atomic E-state index is -0.422. The van der Waals surface area contributed by atoms with Crippen LogP contribution in [0, 0.1) is 17.0 Å². The first-order chi connectivity index (χ1) is 10.6. The highest BCUT2D eigenvalue weighted by molar-refractivity contribution is 5.70. The number of benzene rings is 1. The first-order valence-electron chi connectivity index (χ1n) is 7.08. The molecule has 0 spiro atoms. The van der Waals surface area contributed by atoms with Gasteiger partial charge >= 0.3 is 0 Å². The monoisotopic (exact) mass is 304 g/mol. The SMILES string of the molecule is Cc1nc(-c2ccc(NCC3CCCO3)c([N+](=O)[O-])c2)no1. The summed E-state index contributed by atoms with van der Waals surface area (Å²) in [6.45, 7) is 2.98. The Kier molecular flexibility index (Phi) is 4.01. The van der Waals surface area contributed by atoms with Crippen molar-refractivity contribution in [3.05, 3.63) is 34.2 Å². The van der Waals surface area contributed by atoms with Crippen molar-refractivity contribution in [2.45, 2.75) is 25.9 Å². The Balaban J connectivity index is 1.82. The van der Waals surface area contributed by atoms with E-state index >= 15 is 0 Å². The molecule has 8 heteroatoms. The van der Waals surface area contributed by atoms with Crippen LogP contribution in [0.4, 0.5) is 11.4 Å². The van der Waals surface area contributed by atoms with Crippen LogP contribution in [0.5, 0.6) is 0 Å². The lowest BCUT2D eigenvalue weighted by Crippen LogP contribution is -2.18. The van der Waals surface area contributed by atoms with Gasteiger partial charge < -0.3 is 14.6 Å². The fourth-order valence-corrected chi connectivity index (χ4v) is 2.42. The average Bonchev–Trinajstić information content (AvgIpc) is 3.16. The standard InChI is InChI=1S/C14H16N4O4/c1-9-16-14(17-22-9)10-4-5-12(13(7-10)18(19)20)15-8-11-3-2-6-21-11/h4-5,7,11,15H,2-3,6,8H2,1H3. The second kappa shape index (κ2) is 6.10. The molecule has 3 rings (SSSR count). The quantitative estimate of drug-likeness (QED) is 0.668. The topological polar surface area (TPSA) is 103 Å². The van der Waals surface area contributed by atoms with Gasteiger partial charge in [-0.3, -0.25) is 10.1 Å². The summed E-state index contributed by atoms with van der Waals surface area (Å²) in [6, 6.07) is 4.84. The van der Waals surface area contributed by atoms with E-state index in [4.69, 9.17) is 9.26 Å². The smallest absolute Gasteiger partial charge is 0.293 e. The summed E-state index contributed by atoms with van der Waals surface area (Å²) in [7, 11) is 0. The normalized spacial score (nSPS) is 17.6. The lowest BCUT2D eigenvalue weighted by molar-refractivity contribution is -0.383. The Morgan fingerprint density at radius 3 is 3.00 bits per heavy atom. The molecule has 1 saturated heterocycles. The van der Waals surface area contributed by atoms with Crippen LogP contribution in [-0.4, -0.2) is 34.3 Å². The molecule has 0 aliphatic carbocycles. The van der Waals surface area contributed by atoms with Gasteiger partial charge in [0.1, 0.15) is 5.69 Å². The van der Waals surface area contributed by atoms with Crippen molar-refractivity contribution in [3.63, 3.8) is 0 Å². The summed E-state index contributed by atoms with van der Waals surface area (Å²) < 4.78 is 10.4. The summed E-state index contributed by atoms with van der Waals surface area (Å²) in [6.07, 6.45) is 2.12. The van der Waals surface area contributed by atoms with Gasteiger partial charge in [-0.25, -0.2) is 0 Å². The zero-order valence-electron chi connectivity index (χ0n) is 12.1. The molecule has 0 amide bonds. The Morgan fingerprint density at radius 2 is 2.36 bits per heavy atom. The maximum atomic E-state index is 11.3. The van der Waals surface area contributed by atoms with Crippen molar-refractivity contribution in [3.8, 4) is 11.4 Å². The van der Waals surface area contributed by atoms with Gasteiger partial charge in [0.05, 0.1) is 11.0 Å². The highest BCUT2D eigenvalue weighted by Crippen LogP contribution is 2.30. The lowest BCUT2D eigenvalue weighted by atomic mass is 10.1. The maximum absolute atomic E-state index is 11.3. The second-order valence-corrected chi connectivity index (χ2v) is 5.14. The van der Waals surface area contributed by atoms with Crippen LogP contribution in [0.1, 0.15) is 18.7 Å². The predicted octanol–water partition coefficient (Wildman–Crippen LogP) is 2.54. The summed E-state index contributed by atoms with van der Waals surface area (Å²) in [5.41, 5.74) is 0.994. The van der Waals surface area contributed by atoms with Crippen molar-refractivity contribution in [1.82, 2.24) is 10.1 Å². The summed E-state index contributed by atoms with van der Waals surface area (Å²) in [4.78, 5) is 14.9. The van der Waals surface area contributed by atoms with Crippen molar-refractivity contribution in [2.75, 3.05) is 18.5 Å². The number of nitro groups is 1. The van der Waals surface area contributed by atoms with Gasteiger partial charge in [0.25, 0.3) is 5.69 Å². The molecule has 0 bridgehead atoms. The van der Waals surface area contributed by atoms with Crippen LogP contribution >= 0.6 is 0 Å². The van der Waals surface area contributed by atoms with Gasteiger partial charge in [-0.05, 0) is 25.0 Å². The van der Waals surface area contributed by atoms with Crippen molar-refractivity contribution in [1.29, 1.82) is 0 Å². The molecule has 1 atom stereocenters. The number of hydrogen-bond donors (Lipinski definition) is 1. The number of ether oxygens (including phenoxy) is 1. The summed E-state index contributed by atoms with van der Waals surface area (Å²) in [5.74, 6) is 0.754. The summed E-state index contributed by atoms with van der Waals surface area (Å²) >= 11 is 0. The molecule has 1 N–H and O–H groups in total. The maximum Gasteiger partial charge on any atom is 0.293 e. The van der Waals surface area contributed by atoms with E-state index in [1.54, 1.807) is 19.1 Å². The van der Waals surface area contributed by atoms with E-state index < -0.39 is 4.92 Å². The van der Waals surface area contributed by atoms with Gasteiger partial charge in [-0.2, -0.15) is 4.98 Å². The molecule has 8 nitrogen and oxygen atoms in total. The van der Waals surface area contributed by atoms with Crippen LogP contribution < -0.4 is 5.32 Å². The number of rotatable bonds is 5. The number of nitro benzene ring substituents is 1. The van der Waals surface area contributed by atoms with Crippen LogP contribution in [0.3, 0.4) is 0 Å². The molecule has 1 aliphatic rings. The van der Waals surface area contributed by atoms with Crippen LogP contribution in [0.15, 0.2) is 22.7 Å².